The van der Waals surface area contributed by atoms with Gasteiger partial charge >= 0.3 is 6.03 Å². The quantitative estimate of drug-likeness (QED) is 0.624. The molecule has 2 aliphatic heterocycles. The number of carbonyl (C=O) groups excluding carboxylic acids is 4. The van der Waals surface area contributed by atoms with Crippen LogP contribution in [0.5, 0.6) is 0 Å². The molecule has 2 heterocycles. The van der Waals surface area contributed by atoms with Gasteiger partial charge in [0.1, 0.15) is 5.54 Å². The molecule has 3 rings (SSSR count). The average Bonchev–Trinajstić information content (AvgIpc) is 3.18. The number of hydrogen-bond acceptors (Lipinski definition) is 4. The monoisotopic (exact) mass is 357 g/mol. The third kappa shape index (κ3) is 2.98. The van der Waals surface area contributed by atoms with Crippen LogP contribution in [0.25, 0.3) is 0 Å². The predicted octanol–water partition coefficient (Wildman–Crippen LogP) is 2.11. The van der Waals surface area contributed by atoms with Crippen molar-refractivity contribution in [3.05, 3.63) is 29.8 Å². The maximum atomic E-state index is 12.6. The molecule has 26 heavy (non-hydrogen) atoms. The van der Waals surface area contributed by atoms with E-state index < -0.39 is 11.6 Å². The largest absolute Gasteiger partial charge is 0.325 e. The van der Waals surface area contributed by atoms with Gasteiger partial charge in [0.25, 0.3) is 5.91 Å². The number of carbonyl (C=O) groups is 4. The van der Waals surface area contributed by atoms with E-state index in [2.05, 4.69) is 5.32 Å². The second-order valence-electron chi connectivity index (χ2n) is 6.73. The fourth-order valence-corrected chi connectivity index (χ4v) is 3.53. The number of anilines is 1. The van der Waals surface area contributed by atoms with E-state index in [-0.39, 0.29) is 24.1 Å². The molecule has 0 atom stereocenters. The van der Waals surface area contributed by atoms with Gasteiger partial charge in [0.05, 0.1) is 6.54 Å². The lowest BCUT2D eigenvalue weighted by atomic mass is 9.93. The first-order valence-electron chi connectivity index (χ1n) is 8.99. The fraction of sp³-hybridized carbons (Fsp3) is 0.474. The summed E-state index contributed by atoms with van der Waals surface area (Å²) < 4.78 is 0. The smallest absolute Gasteiger partial charge is 0.323 e. The Hall–Kier alpha value is -2.70. The first-order valence-corrected chi connectivity index (χ1v) is 8.99. The highest BCUT2D eigenvalue weighted by Gasteiger charge is 2.49. The summed E-state index contributed by atoms with van der Waals surface area (Å²) in [4.78, 5) is 51.7. The molecule has 0 radical (unpaired) electrons. The molecule has 0 spiro atoms. The molecule has 2 fully saturated rings. The topological polar surface area (TPSA) is 86.8 Å². The minimum absolute atomic E-state index is 0.0823. The van der Waals surface area contributed by atoms with E-state index >= 15 is 0 Å². The van der Waals surface area contributed by atoms with Crippen molar-refractivity contribution in [1.82, 2.24) is 10.2 Å². The summed E-state index contributed by atoms with van der Waals surface area (Å²) in [6.07, 6.45) is 2.35. The van der Waals surface area contributed by atoms with Gasteiger partial charge < -0.3 is 10.2 Å². The summed E-state index contributed by atoms with van der Waals surface area (Å²) in [7, 11) is 0. The Morgan fingerprint density at radius 1 is 1.12 bits per heavy atom. The van der Waals surface area contributed by atoms with Crippen LogP contribution < -0.4 is 10.2 Å². The maximum absolute atomic E-state index is 12.6. The summed E-state index contributed by atoms with van der Waals surface area (Å²) in [6, 6.07) is 6.20. The third-order valence-corrected chi connectivity index (χ3v) is 5.33. The lowest BCUT2D eigenvalue weighted by Crippen LogP contribution is -2.46. The highest BCUT2D eigenvalue weighted by atomic mass is 16.2. The van der Waals surface area contributed by atoms with Gasteiger partial charge in [-0.05, 0) is 43.5 Å². The molecule has 0 unspecified atom stereocenters. The van der Waals surface area contributed by atoms with Crippen LogP contribution in [0.3, 0.4) is 0 Å². The molecule has 138 valence electrons. The second kappa shape index (κ2) is 6.90. The van der Waals surface area contributed by atoms with Crippen molar-refractivity contribution >= 4 is 29.3 Å². The minimum Gasteiger partial charge on any atom is -0.323 e. The van der Waals surface area contributed by atoms with Gasteiger partial charge in [0.2, 0.25) is 5.91 Å². The van der Waals surface area contributed by atoms with Crippen LogP contribution in [0.1, 0.15) is 49.9 Å². The van der Waals surface area contributed by atoms with Crippen molar-refractivity contribution < 1.29 is 19.2 Å². The number of imide groups is 1. The Kier molecular flexibility index (Phi) is 4.80. The molecule has 0 saturated carbocycles. The minimum atomic E-state index is -0.905. The highest BCUT2D eigenvalue weighted by Crippen LogP contribution is 2.26. The molecule has 7 nitrogen and oxygen atoms in total. The van der Waals surface area contributed by atoms with E-state index in [1.165, 1.54) is 0 Å². The summed E-state index contributed by atoms with van der Waals surface area (Å²) >= 11 is 0. The molecule has 2 saturated heterocycles. The van der Waals surface area contributed by atoms with Gasteiger partial charge in [0.15, 0.2) is 5.78 Å². The van der Waals surface area contributed by atoms with E-state index in [9.17, 15) is 19.2 Å². The second-order valence-corrected chi connectivity index (χ2v) is 6.73. The summed E-state index contributed by atoms with van der Waals surface area (Å²) in [5.41, 5.74) is 0.263. The van der Waals surface area contributed by atoms with Gasteiger partial charge in [-0.15, -0.1) is 0 Å². The number of nitrogens with zero attached hydrogens (tertiary/aromatic N) is 2. The Balaban J connectivity index is 1.71. The number of Topliss-reactive ketones (excluding diaryl/α,β-unsaturated/α-hetero) is 1. The zero-order chi connectivity index (χ0) is 18.9. The van der Waals surface area contributed by atoms with Gasteiger partial charge in [-0.3, -0.25) is 19.3 Å². The van der Waals surface area contributed by atoms with E-state index in [1.54, 1.807) is 29.2 Å². The van der Waals surface area contributed by atoms with Crippen molar-refractivity contribution in [2.24, 2.45) is 0 Å². The number of ketones is 1. The number of benzene rings is 1. The van der Waals surface area contributed by atoms with Crippen LogP contribution in [0, 0.1) is 0 Å². The van der Waals surface area contributed by atoms with Crippen molar-refractivity contribution in [3.63, 3.8) is 0 Å². The van der Waals surface area contributed by atoms with E-state index in [1.807, 2.05) is 13.8 Å². The van der Waals surface area contributed by atoms with Crippen molar-refractivity contribution in [1.29, 1.82) is 0 Å². The fourth-order valence-electron chi connectivity index (χ4n) is 3.53. The number of amides is 4. The predicted molar refractivity (Wildman–Crippen MR) is 95.9 cm³/mol. The highest BCUT2D eigenvalue weighted by molar-refractivity contribution is 6.11. The third-order valence-electron chi connectivity index (χ3n) is 5.33. The van der Waals surface area contributed by atoms with Crippen LogP contribution in [0.4, 0.5) is 10.5 Å². The summed E-state index contributed by atoms with van der Waals surface area (Å²) in [5, 5.41) is 2.72. The Morgan fingerprint density at radius 2 is 1.77 bits per heavy atom. The standard InChI is InChI=1S/C19H23N3O4/c1-3-19(4-2)17(25)22(18(26)20-19)12-15(23)13-7-9-14(10-8-13)21-11-5-6-16(21)24/h7-10H,3-6,11-12H2,1-2H3,(H,20,26). The lowest BCUT2D eigenvalue weighted by molar-refractivity contribution is -0.131. The van der Waals surface area contributed by atoms with E-state index in [0.29, 0.717) is 31.4 Å². The van der Waals surface area contributed by atoms with Gasteiger partial charge in [-0.1, -0.05) is 13.8 Å². The molecule has 0 aliphatic carbocycles. The Bertz CT molecular complexity index is 753. The zero-order valence-corrected chi connectivity index (χ0v) is 15.1. The number of urea groups is 1. The van der Waals surface area contributed by atoms with Gasteiger partial charge in [0, 0.05) is 24.2 Å². The molecule has 0 bridgehead atoms. The molecular weight excluding hydrogens is 334 g/mol. The normalized spacial score (nSPS) is 19.2. The van der Waals surface area contributed by atoms with Crippen LogP contribution in [-0.2, 0) is 9.59 Å². The van der Waals surface area contributed by atoms with Crippen LogP contribution in [0.15, 0.2) is 24.3 Å². The Morgan fingerprint density at radius 3 is 2.27 bits per heavy atom. The van der Waals surface area contributed by atoms with E-state index in [0.717, 1.165) is 17.0 Å². The molecular formula is C19H23N3O4. The first kappa shape index (κ1) is 18.1. The molecule has 0 aromatic heterocycles. The SMILES string of the molecule is CCC1(CC)NC(=O)N(CC(=O)c2ccc(N3CCCC3=O)cc2)C1=O. The van der Waals surface area contributed by atoms with Crippen molar-refractivity contribution in [2.75, 3.05) is 18.0 Å². The van der Waals surface area contributed by atoms with Crippen molar-refractivity contribution in [3.8, 4) is 0 Å². The van der Waals surface area contributed by atoms with Gasteiger partial charge in [-0.2, -0.15) is 0 Å². The molecule has 1 aromatic rings. The van der Waals surface area contributed by atoms with E-state index in [4.69, 9.17) is 0 Å². The maximum Gasteiger partial charge on any atom is 0.325 e. The molecule has 2 aliphatic rings. The first-order chi connectivity index (χ1) is 12.4. The number of rotatable bonds is 6. The zero-order valence-electron chi connectivity index (χ0n) is 15.1. The van der Waals surface area contributed by atoms with Crippen molar-refractivity contribution in [2.45, 2.75) is 45.1 Å². The molecule has 1 N–H and O–H groups in total. The molecule has 1 aromatic carbocycles. The molecule has 7 heteroatoms. The van der Waals surface area contributed by atoms with Crippen LogP contribution in [0.2, 0.25) is 0 Å². The summed E-state index contributed by atoms with van der Waals surface area (Å²) in [5.74, 6) is -0.574. The summed E-state index contributed by atoms with van der Waals surface area (Å²) in [6.45, 7) is 4.08. The molecule has 4 amide bonds. The van der Waals surface area contributed by atoms with Crippen LogP contribution in [-0.4, -0.2) is 47.2 Å². The Labute approximate surface area is 152 Å². The number of nitrogens with one attached hydrogen (secondary N) is 1. The number of hydrogen-bond donors (Lipinski definition) is 1. The average molecular weight is 357 g/mol. The lowest BCUT2D eigenvalue weighted by Gasteiger charge is -2.23. The van der Waals surface area contributed by atoms with Gasteiger partial charge in [-0.25, -0.2) is 4.79 Å². The van der Waals surface area contributed by atoms with Crippen LogP contribution >= 0.6 is 0 Å².